The van der Waals surface area contributed by atoms with Gasteiger partial charge in [0.05, 0.1) is 10.7 Å². The van der Waals surface area contributed by atoms with Gasteiger partial charge in [-0.15, -0.1) is 11.3 Å². The number of hydrogen-bond donors (Lipinski definition) is 0. The average molecular weight is 393 g/mol. The number of hydrogen-bond acceptors (Lipinski definition) is 4. The highest BCUT2D eigenvalue weighted by Gasteiger charge is 2.34. The van der Waals surface area contributed by atoms with Crippen molar-refractivity contribution < 1.29 is 14.0 Å². The number of aromatic nitrogens is 1. The second-order valence-corrected chi connectivity index (χ2v) is 8.43. The van der Waals surface area contributed by atoms with E-state index in [1.807, 2.05) is 32.0 Å². The summed E-state index contributed by atoms with van der Waals surface area (Å²) in [6, 6.07) is 12.3. The van der Waals surface area contributed by atoms with E-state index in [2.05, 4.69) is 4.98 Å². The highest BCUT2D eigenvalue weighted by atomic mass is 32.1. The van der Waals surface area contributed by atoms with Crippen molar-refractivity contribution in [3.63, 3.8) is 0 Å². The summed E-state index contributed by atoms with van der Waals surface area (Å²) >= 11 is 1.33. The van der Waals surface area contributed by atoms with Crippen molar-refractivity contribution in [1.29, 1.82) is 0 Å². The molecule has 1 aliphatic carbocycles. The first-order valence-electron chi connectivity index (χ1n) is 9.41. The van der Waals surface area contributed by atoms with Gasteiger partial charge in [-0.25, -0.2) is 9.37 Å². The van der Waals surface area contributed by atoms with Crippen LogP contribution in [0.15, 0.2) is 42.5 Å². The number of benzene rings is 2. The maximum atomic E-state index is 13.0. The number of fused-ring (bicyclic) bond motifs is 3. The zero-order chi connectivity index (χ0) is 19.8. The maximum absolute atomic E-state index is 13.0. The van der Waals surface area contributed by atoms with E-state index in [4.69, 9.17) is 0 Å². The highest BCUT2D eigenvalue weighted by molar-refractivity contribution is 7.15. The van der Waals surface area contributed by atoms with Gasteiger partial charge in [-0.1, -0.05) is 38.1 Å². The predicted molar refractivity (Wildman–Crippen MR) is 109 cm³/mol. The minimum absolute atomic E-state index is 0.215. The first-order valence-corrected chi connectivity index (χ1v) is 10.2. The standard InChI is InChI=1S/C23H20FNO2S/c1-13(2)23-25-19-17-11-8-15(5-3-4-14-6-9-16(24)10-7-14)12-18(17)20(26)21(27)22(19)28-23/h6-13H,3-5H2,1-2H3. The molecule has 0 atom stereocenters. The van der Waals surface area contributed by atoms with Gasteiger partial charge in [-0.3, -0.25) is 9.59 Å². The monoisotopic (exact) mass is 393 g/mol. The molecular formula is C23H20FNO2S. The summed E-state index contributed by atoms with van der Waals surface area (Å²) in [5, 5.41) is 0.877. The molecule has 1 heterocycles. The van der Waals surface area contributed by atoms with Crippen LogP contribution in [0.25, 0.3) is 11.3 Å². The van der Waals surface area contributed by atoms with Crippen LogP contribution >= 0.6 is 11.3 Å². The van der Waals surface area contributed by atoms with E-state index in [-0.39, 0.29) is 11.7 Å². The van der Waals surface area contributed by atoms with Crippen molar-refractivity contribution >= 4 is 22.9 Å². The Hall–Kier alpha value is -2.66. The summed E-state index contributed by atoms with van der Waals surface area (Å²) in [4.78, 5) is 30.3. The highest BCUT2D eigenvalue weighted by Crippen LogP contribution is 2.38. The van der Waals surface area contributed by atoms with Gasteiger partial charge in [0.1, 0.15) is 10.7 Å². The Morgan fingerprint density at radius 3 is 2.32 bits per heavy atom. The molecule has 1 aromatic heterocycles. The summed E-state index contributed by atoms with van der Waals surface area (Å²) in [5.74, 6) is -0.909. The normalized spacial score (nSPS) is 13.0. The van der Waals surface area contributed by atoms with Crippen LogP contribution in [0.5, 0.6) is 0 Å². The lowest BCUT2D eigenvalue weighted by Gasteiger charge is -2.14. The van der Waals surface area contributed by atoms with Gasteiger partial charge in [0, 0.05) is 17.0 Å². The van der Waals surface area contributed by atoms with Gasteiger partial charge in [0.2, 0.25) is 11.6 Å². The minimum atomic E-state index is -0.449. The molecule has 0 unspecified atom stereocenters. The molecule has 0 spiro atoms. The molecule has 4 rings (SSSR count). The molecule has 28 heavy (non-hydrogen) atoms. The van der Waals surface area contributed by atoms with E-state index in [1.165, 1.54) is 23.5 Å². The quantitative estimate of drug-likeness (QED) is 0.528. The zero-order valence-electron chi connectivity index (χ0n) is 15.8. The van der Waals surface area contributed by atoms with Crippen molar-refractivity contribution in [2.45, 2.75) is 39.0 Å². The number of nitrogens with zero attached hydrogens (tertiary/aromatic N) is 1. The molecule has 0 amide bonds. The summed E-state index contributed by atoms with van der Waals surface area (Å²) in [7, 11) is 0. The Morgan fingerprint density at radius 2 is 1.61 bits per heavy atom. The molecule has 0 fully saturated rings. The fraction of sp³-hybridized carbons (Fsp3) is 0.261. The molecule has 0 aliphatic heterocycles. The number of thiazole rings is 1. The third kappa shape index (κ3) is 3.42. The molecule has 0 N–H and O–H groups in total. The van der Waals surface area contributed by atoms with Crippen LogP contribution in [0.4, 0.5) is 4.39 Å². The zero-order valence-corrected chi connectivity index (χ0v) is 16.6. The van der Waals surface area contributed by atoms with Gasteiger partial charge < -0.3 is 0 Å². The SMILES string of the molecule is CC(C)c1nc2c(s1)C(=O)C(=O)c1cc(CCCc3ccc(F)cc3)ccc1-2. The van der Waals surface area contributed by atoms with E-state index >= 15 is 0 Å². The van der Waals surface area contributed by atoms with Crippen LogP contribution in [0.3, 0.4) is 0 Å². The Bertz CT molecular complexity index is 1070. The van der Waals surface area contributed by atoms with Crippen LogP contribution < -0.4 is 0 Å². The molecule has 0 saturated heterocycles. The van der Waals surface area contributed by atoms with Crippen molar-refractivity contribution in [1.82, 2.24) is 4.98 Å². The van der Waals surface area contributed by atoms with E-state index < -0.39 is 11.6 Å². The molecule has 0 bridgehead atoms. The van der Waals surface area contributed by atoms with Gasteiger partial charge in [-0.05, 0) is 48.6 Å². The minimum Gasteiger partial charge on any atom is -0.285 e. The van der Waals surface area contributed by atoms with Crippen LogP contribution in [-0.2, 0) is 12.8 Å². The Balaban J connectivity index is 1.56. The number of carbonyl (C=O) groups excluding carboxylic acids is 2. The number of carbonyl (C=O) groups is 2. The smallest absolute Gasteiger partial charge is 0.245 e. The van der Waals surface area contributed by atoms with E-state index in [0.717, 1.165) is 41.0 Å². The molecule has 0 saturated carbocycles. The second-order valence-electron chi connectivity index (χ2n) is 7.40. The van der Waals surface area contributed by atoms with Crippen LogP contribution in [0, 0.1) is 5.82 Å². The third-order valence-electron chi connectivity index (χ3n) is 4.98. The molecule has 2 aromatic carbocycles. The lowest BCUT2D eigenvalue weighted by atomic mass is 9.89. The van der Waals surface area contributed by atoms with Gasteiger partial charge in [-0.2, -0.15) is 0 Å². The molecule has 5 heteroatoms. The Kier molecular flexibility index (Phi) is 4.94. The summed E-state index contributed by atoms with van der Waals surface area (Å²) in [6.45, 7) is 4.06. The summed E-state index contributed by atoms with van der Waals surface area (Å²) in [5.41, 5.74) is 3.96. The molecule has 0 radical (unpaired) electrons. The fourth-order valence-corrected chi connectivity index (χ4v) is 4.45. The van der Waals surface area contributed by atoms with Crippen molar-refractivity contribution in [2.75, 3.05) is 0 Å². The second kappa shape index (κ2) is 7.40. The Labute approximate surface area is 167 Å². The van der Waals surface area contributed by atoms with Crippen molar-refractivity contribution in [3.05, 3.63) is 74.9 Å². The van der Waals surface area contributed by atoms with Gasteiger partial charge >= 0.3 is 0 Å². The van der Waals surface area contributed by atoms with Crippen LogP contribution in [0.1, 0.15) is 62.4 Å². The molecule has 1 aliphatic rings. The third-order valence-corrected chi connectivity index (χ3v) is 6.33. The number of ketones is 2. The largest absolute Gasteiger partial charge is 0.285 e. The number of halogens is 1. The Morgan fingerprint density at radius 1 is 0.929 bits per heavy atom. The lowest BCUT2D eigenvalue weighted by Crippen LogP contribution is -2.20. The van der Waals surface area contributed by atoms with Crippen LogP contribution in [-0.4, -0.2) is 16.6 Å². The van der Waals surface area contributed by atoms with Crippen molar-refractivity contribution in [2.24, 2.45) is 0 Å². The maximum Gasteiger partial charge on any atom is 0.245 e. The fourth-order valence-electron chi connectivity index (χ4n) is 3.43. The van der Waals surface area contributed by atoms with Crippen molar-refractivity contribution in [3.8, 4) is 11.3 Å². The van der Waals surface area contributed by atoms with E-state index in [1.54, 1.807) is 12.1 Å². The molecular weight excluding hydrogens is 373 g/mol. The number of Topliss-reactive ketones (excluding diaryl/α,β-unsaturated/α-hetero) is 2. The summed E-state index contributed by atoms with van der Waals surface area (Å²) in [6.07, 6.45) is 2.50. The van der Waals surface area contributed by atoms with Gasteiger partial charge in [0.25, 0.3) is 0 Å². The number of aryl methyl sites for hydroxylation is 2. The first kappa shape index (κ1) is 18.7. The first-order chi connectivity index (χ1) is 13.4. The van der Waals surface area contributed by atoms with Gasteiger partial charge in [0.15, 0.2) is 0 Å². The predicted octanol–water partition coefficient (Wildman–Crippen LogP) is 5.63. The molecule has 3 nitrogen and oxygen atoms in total. The number of rotatable bonds is 5. The summed E-state index contributed by atoms with van der Waals surface area (Å²) < 4.78 is 13.0. The lowest BCUT2D eigenvalue weighted by molar-refractivity contribution is 0.0817. The van der Waals surface area contributed by atoms with E-state index in [0.29, 0.717) is 16.1 Å². The topological polar surface area (TPSA) is 47.0 Å². The van der Waals surface area contributed by atoms with E-state index in [9.17, 15) is 14.0 Å². The average Bonchev–Trinajstić information content (AvgIpc) is 3.14. The van der Waals surface area contributed by atoms with Crippen LogP contribution in [0.2, 0.25) is 0 Å². The molecule has 142 valence electrons. The molecule has 3 aromatic rings.